The monoisotopic (exact) mass is 473 g/mol. The van der Waals surface area contributed by atoms with Crippen molar-refractivity contribution in [1.29, 1.82) is 0 Å². The maximum Gasteiger partial charge on any atom is 0.344 e. The molecule has 158 valence electrons. The topological polar surface area (TPSA) is 140 Å². The van der Waals surface area contributed by atoms with Crippen molar-refractivity contribution in [2.45, 2.75) is 25.8 Å². The van der Waals surface area contributed by atoms with E-state index >= 15 is 0 Å². The van der Waals surface area contributed by atoms with Gasteiger partial charge in [0.25, 0.3) is 5.91 Å². The molecule has 0 spiro atoms. The largest absolute Gasteiger partial charge is 0.395 e. The van der Waals surface area contributed by atoms with Gasteiger partial charge in [-0.05, 0) is 24.1 Å². The van der Waals surface area contributed by atoms with Gasteiger partial charge < -0.3 is 21.1 Å². The molecule has 5 N–H and O–H groups in total. The van der Waals surface area contributed by atoms with Crippen LogP contribution in [0.25, 0.3) is 0 Å². The number of hydrogen-bond donors (Lipinski definition) is 5. The zero-order valence-electron chi connectivity index (χ0n) is 15.7. The number of carbonyl (C=O) groups is 4. The fraction of sp³-hybridized carbons (Fsp3) is 0.412. The highest BCUT2D eigenvalue weighted by molar-refractivity contribution is 9.10. The minimum absolute atomic E-state index is 0.00172. The number of anilines is 1. The van der Waals surface area contributed by atoms with Crippen LogP contribution in [0.15, 0.2) is 22.7 Å². The Morgan fingerprint density at radius 3 is 2.62 bits per heavy atom. The van der Waals surface area contributed by atoms with E-state index in [0.717, 1.165) is 6.07 Å². The van der Waals surface area contributed by atoms with Gasteiger partial charge in [-0.2, -0.15) is 5.01 Å². The second-order valence-electron chi connectivity index (χ2n) is 6.64. The molecule has 29 heavy (non-hydrogen) atoms. The Hall–Kier alpha value is -2.73. The number of imide groups is 1. The van der Waals surface area contributed by atoms with Crippen molar-refractivity contribution in [2.24, 2.45) is 5.92 Å². The smallest absolute Gasteiger partial charge is 0.344 e. The van der Waals surface area contributed by atoms with Gasteiger partial charge >= 0.3 is 12.1 Å². The zero-order chi connectivity index (χ0) is 21.8. The van der Waals surface area contributed by atoms with Crippen molar-refractivity contribution in [1.82, 2.24) is 21.1 Å². The molecule has 10 nitrogen and oxygen atoms in total. The Kier molecular flexibility index (Phi) is 7.14. The summed E-state index contributed by atoms with van der Waals surface area (Å²) >= 11 is 3.09. The normalized spacial score (nSPS) is 18.6. The Bertz CT molecular complexity index is 836. The van der Waals surface area contributed by atoms with Crippen LogP contribution in [0.2, 0.25) is 0 Å². The number of rotatable bonds is 7. The van der Waals surface area contributed by atoms with Gasteiger partial charge in [-0.1, -0.05) is 29.8 Å². The van der Waals surface area contributed by atoms with E-state index in [2.05, 4.69) is 37.3 Å². The van der Waals surface area contributed by atoms with Gasteiger partial charge in [-0.3, -0.25) is 9.59 Å². The first-order chi connectivity index (χ1) is 13.6. The van der Waals surface area contributed by atoms with E-state index in [0.29, 0.717) is 9.48 Å². The van der Waals surface area contributed by atoms with Crippen molar-refractivity contribution in [3.8, 4) is 0 Å². The molecule has 1 aromatic rings. The average Bonchev–Trinajstić information content (AvgIpc) is 2.87. The SMILES string of the molecule is CC(C)C1(CC(=O)NCCO)NC(=O)N(NC(=O)Nc2ccc(Br)cc2F)C1=O. The molecule has 12 heteroatoms. The lowest BCUT2D eigenvalue weighted by Gasteiger charge is -2.30. The lowest BCUT2D eigenvalue weighted by atomic mass is 9.83. The van der Waals surface area contributed by atoms with E-state index in [1.54, 1.807) is 13.8 Å². The van der Waals surface area contributed by atoms with Gasteiger partial charge in [0.15, 0.2) is 0 Å². The molecule has 0 aromatic heterocycles. The molecule has 1 aromatic carbocycles. The summed E-state index contributed by atoms with van der Waals surface area (Å²) in [6.45, 7) is 3.00. The molecule has 0 bridgehead atoms. The fourth-order valence-electron chi connectivity index (χ4n) is 2.76. The molecule has 1 aliphatic heterocycles. The van der Waals surface area contributed by atoms with E-state index in [9.17, 15) is 23.6 Å². The van der Waals surface area contributed by atoms with Gasteiger partial charge in [0.05, 0.1) is 18.7 Å². The van der Waals surface area contributed by atoms with E-state index in [4.69, 9.17) is 5.11 Å². The van der Waals surface area contributed by atoms with Crippen LogP contribution in [0.5, 0.6) is 0 Å². The summed E-state index contributed by atoms with van der Waals surface area (Å²) < 4.78 is 14.3. The molecule has 1 aliphatic rings. The number of aliphatic hydroxyl groups excluding tert-OH is 1. The van der Waals surface area contributed by atoms with Crippen LogP contribution in [0.3, 0.4) is 0 Å². The van der Waals surface area contributed by atoms with Crippen molar-refractivity contribution in [2.75, 3.05) is 18.5 Å². The fourth-order valence-corrected chi connectivity index (χ4v) is 3.10. The van der Waals surface area contributed by atoms with E-state index in [1.165, 1.54) is 12.1 Å². The van der Waals surface area contributed by atoms with Gasteiger partial charge in [-0.15, -0.1) is 0 Å². The maximum absolute atomic E-state index is 13.9. The third kappa shape index (κ3) is 5.01. The number of amides is 6. The molecule has 1 atom stereocenters. The Morgan fingerprint density at radius 1 is 1.34 bits per heavy atom. The Morgan fingerprint density at radius 2 is 2.03 bits per heavy atom. The number of hydrazine groups is 1. The zero-order valence-corrected chi connectivity index (χ0v) is 17.3. The lowest BCUT2D eigenvalue weighted by molar-refractivity contribution is -0.138. The third-order valence-electron chi connectivity index (χ3n) is 4.37. The molecule has 0 saturated carbocycles. The summed E-state index contributed by atoms with van der Waals surface area (Å²) in [4.78, 5) is 49.4. The number of nitrogens with one attached hydrogen (secondary N) is 4. The lowest BCUT2D eigenvalue weighted by Crippen LogP contribution is -2.55. The van der Waals surface area contributed by atoms with Crippen molar-refractivity contribution in [3.63, 3.8) is 0 Å². The predicted octanol–water partition coefficient (Wildman–Crippen LogP) is 1.07. The minimum Gasteiger partial charge on any atom is -0.395 e. The van der Waals surface area contributed by atoms with Crippen LogP contribution in [0.4, 0.5) is 19.7 Å². The van der Waals surface area contributed by atoms with Gasteiger partial charge in [0, 0.05) is 11.0 Å². The van der Waals surface area contributed by atoms with Crippen molar-refractivity contribution >= 4 is 45.5 Å². The first-order valence-corrected chi connectivity index (χ1v) is 9.47. The average molecular weight is 474 g/mol. The molecule has 1 fully saturated rings. The first-order valence-electron chi connectivity index (χ1n) is 8.67. The molecular formula is C17H21BrFN5O5. The highest BCUT2D eigenvalue weighted by atomic mass is 79.9. The van der Waals surface area contributed by atoms with Crippen molar-refractivity contribution < 1.29 is 28.7 Å². The third-order valence-corrected chi connectivity index (χ3v) is 4.86. The number of carbonyl (C=O) groups excluding carboxylic acids is 4. The number of aliphatic hydroxyl groups is 1. The highest BCUT2D eigenvalue weighted by Crippen LogP contribution is 2.29. The molecule has 1 unspecified atom stereocenters. The van der Waals surface area contributed by atoms with Crippen LogP contribution in [-0.4, -0.2) is 52.7 Å². The quantitative estimate of drug-likeness (QED) is 0.376. The second-order valence-corrected chi connectivity index (χ2v) is 7.55. The van der Waals surface area contributed by atoms with Gasteiger partial charge in [0.1, 0.15) is 11.4 Å². The number of halogens is 2. The highest BCUT2D eigenvalue weighted by Gasteiger charge is 2.55. The number of nitrogens with zero attached hydrogens (tertiary/aromatic N) is 1. The van der Waals surface area contributed by atoms with Crippen LogP contribution < -0.4 is 21.4 Å². The second kappa shape index (κ2) is 9.18. The van der Waals surface area contributed by atoms with Gasteiger partial charge in [-0.25, -0.2) is 19.4 Å². The molecule has 1 heterocycles. The minimum atomic E-state index is -1.58. The van der Waals surface area contributed by atoms with Gasteiger partial charge in [0.2, 0.25) is 5.91 Å². The van der Waals surface area contributed by atoms with Crippen LogP contribution in [0, 0.1) is 11.7 Å². The summed E-state index contributed by atoms with van der Waals surface area (Å²) in [5.74, 6) is -2.59. The summed E-state index contributed by atoms with van der Waals surface area (Å²) in [5, 5.41) is 16.3. The molecule has 2 rings (SSSR count). The number of hydrogen-bond acceptors (Lipinski definition) is 5. The number of benzene rings is 1. The predicted molar refractivity (Wildman–Crippen MR) is 104 cm³/mol. The van der Waals surface area contributed by atoms with Crippen molar-refractivity contribution in [3.05, 3.63) is 28.5 Å². The van der Waals surface area contributed by atoms with E-state index in [-0.39, 0.29) is 25.3 Å². The van der Waals surface area contributed by atoms with E-state index in [1.807, 2.05) is 0 Å². The molecule has 0 radical (unpaired) electrons. The molecule has 1 saturated heterocycles. The summed E-state index contributed by atoms with van der Waals surface area (Å²) in [5.41, 5.74) is 0.334. The standard InChI is InChI=1S/C17H21BrFN5O5/c1-9(2)17(8-13(26)20-5-6-25)14(27)24(16(29)22-17)23-15(28)21-12-4-3-10(18)7-11(12)19/h3-4,7,9,25H,5-6,8H2,1-2H3,(H,20,26)(H,22,29)(H2,21,23,28). The Balaban J connectivity index is 2.13. The van der Waals surface area contributed by atoms with Crippen LogP contribution in [-0.2, 0) is 9.59 Å². The Labute approximate surface area is 174 Å². The van der Waals surface area contributed by atoms with E-state index < -0.39 is 41.2 Å². The summed E-state index contributed by atoms with van der Waals surface area (Å²) in [6, 6.07) is 2.00. The van der Waals surface area contributed by atoms with Crippen LogP contribution in [0.1, 0.15) is 20.3 Å². The first kappa shape index (κ1) is 22.6. The number of urea groups is 2. The molecule has 0 aliphatic carbocycles. The molecule has 6 amide bonds. The summed E-state index contributed by atoms with van der Waals surface area (Å²) in [6.07, 6.45) is -0.379. The summed E-state index contributed by atoms with van der Waals surface area (Å²) in [7, 11) is 0. The molecular weight excluding hydrogens is 453 g/mol. The maximum atomic E-state index is 13.9. The van der Waals surface area contributed by atoms with Crippen LogP contribution >= 0.6 is 15.9 Å².